The van der Waals surface area contributed by atoms with Crippen LogP contribution in [0.1, 0.15) is 20.3 Å². The summed E-state index contributed by atoms with van der Waals surface area (Å²) in [5.74, 6) is -0.0492. The van der Waals surface area contributed by atoms with Gasteiger partial charge in [0.05, 0.1) is 35.0 Å². The van der Waals surface area contributed by atoms with Crippen molar-refractivity contribution in [2.24, 2.45) is 5.92 Å². The average Bonchev–Trinajstić information content (AvgIpc) is 3.52. The van der Waals surface area contributed by atoms with Gasteiger partial charge in [0.1, 0.15) is 11.5 Å². The first-order valence-electron chi connectivity index (χ1n) is 12.4. The molecule has 1 amide bonds. The Morgan fingerprint density at radius 2 is 1.82 bits per heavy atom. The van der Waals surface area contributed by atoms with Crippen molar-refractivity contribution in [3.05, 3.63) is 85.1 Å². The number of aromatic amines is 2. The van der Waals surface area contributed by atoms with Crippen molar-refractivity contribution < 1.29 is 9.18 Å². The number of rotatable bonds is 6. The van der Waals surface area contributed by atoms with Crippen molar-refractivity contribution in [3.8, 4) is 33.8 Å². The second-order valence-corrected chi connectivity index (χ2v) is 9.76. The van der Waals surface area contributed by atoms with Gasteiger partial charge >= 0.3 is 0 Å². The molecule has 6 aromatic rings. The number of H-pyrrole nitrogens is 2. The molecule has 0 atom stereocenters. The lowest BCUT2D eigenvalue weighted by Crippen LogP contribution is -2.13. The molecular weight excluding hydrogens is 479 g/mol. The Labute approximate surface area is 218 Å². The second-order valence-electron chi connectivity index (χ2n) is 9.76. The predicted molar refractivity (Wildman–Crippen MR) is 148 cm³/mol. The molecule has 0 unspecified atom stereocenters. The maximum atomic E-state index is 13.9. The molecule has 0 spiro atoms. The van der Waals surface area contributed by atoms with Gasteiger partial charge in [-0.15, -0.1) is 0 Å². The highest BCUT2D eigenvalue weighted by molar-refractivity contribution is 6.01. The number of anilines is 1. The highest BCUT2D eigenvalue weighted by Gasteiger charge is 2.15. The smallest absolute Gasteiger partial charge is 0.224 e. The molecule has 0 bridgehead atoms. The van der Waals surface area contributed by atoms with Gasteiger partial charge in [0.25, 0.3) is 0 Å². The molecule has 4 aromatic heterocycles. The van der Waals surface area contributed by atoms with Crippen molar-refractivity contribution in [3.63, 3.8) is 0 Å². The van der Waals surface area contributed by atoms with Gasteiger partial charge in [-0.3, -0.25) is 19.9 Å². The number of nitrogens with one attached hydrogen (secondary N) is 3. The number of carbonyl (C=O) groups excluding carboxylic acids is 1. The number of nitrogens with zero attached hydrogens (tertiary/aromatic N) is 3. The Hall–Kier alpha value is -4.85. The lowest BCUT2D eigenvalue weighted by atomic mass is 10.0. The van der Waals surface area contributed by atoms with Crippen molar-refractivity contribution in [1.82, 2.24) is 25.1 Å². The molecule has 3 N–H and O–H groups in total. The number of aromatic nitrogens is 5. The molecule has 4 heterocycles. The number of hydrogen-bond donors (Lipinski definition) is 3. The van der Waals surface area contributed by atoms with E-state index in [4.69, 9.17) is 0 Å². The minimum absolute atomic E-state index is 0.0455. The molecule has 2 aromatic carbocycles. The number of carbonyl (C=O) groups is 1. The summed E-state index contributed by atoms with van der Waals surface area (Å²) >= 11 is 0. The minimum atomic E-state index is -0.272. The first-order valence-corrected chi connectivity index (χ1v) is 12.4. The molecule has 0 aliphatic carbocycles. The van der Waals surface area contributed by atoms with Crippen LogP contribution in [0.4, 0.5) is 10.1 Å². The zero-order valence-electron chi connectivity index (χ0n) is 20.9. The van der Waals surface area contributed by atoms with E-state index in [0.29, 0.717) is 17.8 Å². The van der Waals surface area contributed by atoms with E-state index in [2.05, 4.69) is 30.5 Å². The summed E-state index contributed by atoms with van der Waals surface area (Å²) in [6, 6.07) is 18.4. The normalized spacial score (nSPS) is 11.5. The van der Waals surface area contributed by atoms with Crippen LogP contribution in [-0.2, 0) is 4.79 Å². The monoisotopic (exact) mass is 504 g/mol. The fourth-order valence-electron chi connectivity index (χ4n) is 4.70. The van der Waals surface area contributed by atoms with Crippen molar-refractivity contribution >= 4 is 33.4 Å². The van der Waals surface area contributed by atoms with E-state index in [1.807, 2.05) is 56.3 Å². The van der Waals surface area contributed by atoms with Crippen LogP contribution in [0.5, 0.6) is 0 Å². The van der Waals surface area contributed by atoms with Crippen LogP contribution in [-0.4, -0.2) is 31.1 Å². The van der Waals surface area contributed by atoms with Crippen LogP contribution in [0.15, 0.2) is 79.3 Å². The van der Waals surface area contributed by atoms with Gasteiger partial charge in [0.15, 0.2) is 0 Å². The van der Waals surface area contributed by atoms with Crippen LogP contribution in [0.3, 0.4) is 0 Å². The van der Waals surface area contributed by atoms with Gasteiger partial charge in [-0.25, -0.2) is 4.39 Å². The quantitative estimate of drug-likeness (QED) is 0.228. The van der Waals surface area contributed by atoms with E-state index < -0.39 is 0 Å². The molecular formula is C30H25FN6O. The summed E-state index contributed by atoms with van der Waals surface area (Å²) in [6.45, 7) is 4.01. The molecule has 0 fully saturated rings. The van der Waals surface area contributed by atoms with Crippen molar-refractivity contribution in [2.75, 3.05) is 5.32 Å². The summed E-state index contributed by atoms with van der Waals surface area (Å²) in [7, 11) is 0. The van der Waals surface area contributed by atoms with E-state index in [-0.39, 0.29) is 17.6 Å². The predicted octanol–water partition coefficient (Wildman–Crippen LogP) is 6.96. The number of benzene rings is 2. The molecule has 0 saturated heterocycles. The Balaban J connectivity index is 1.38. The van der Waals surface area contributed by atoms with Crippen LogP contribution in [0.25, 0.3) is 55.6 Å². The van der Waals surface area contributed by atoms with E-state index in [0.717, 1.165) is 49.9 Å². The molecule has 0 aliphatic rings. The lowest BCUT2D eigenvalue weighted by molar-refractivity contribution is -0.116. The zero-order valence-corrected chi connectivity index (χ0v) is 20.9. The minimum Gasteiger partial charge on any atom is -0.353 e. The van der Waals surface area contributed by atoms with Crippen molar-refractivity contribution in [2.45, 2.75) is 20.3 Å². The first kappa shape index (κ1) is 23.5. The first-order chi connectivity index (χ1) is 18.4. The summed E-state index contributed by atoms with van der Waals surface area (Å²) in [5, 5.41) is 12.4. The largest absolute Gasteiger partial charge is 0.353 e. The third-order valence-electron chi connectivity index (χ3n) is 6.41. The van der Waals surface area contributed by atoms with E-state index in [1.165, 1.54) is 12.1 Å². The number of fused-ring (bicyclic) bond motifs is 2. The SMILES string of the molecule is CC(C)CC(=O)Nc1cncc(-c2cc3c(-c4cc5c(-c6cccc(F)c6)cccc5[nH]4)n[nH]c3cn2)c1. The molecule has 0 radical (unpaired) electrons. The Kier molecular flexibility index (Phi) is 5.92. The fourth-order valence-corrected chi connectivity index (χ4v) is 4.70. The highest BCUT2D eigenvalue weighted by atomic mass is 19.1. The van der Waals surface area contributed by atoms with Crippen LogP contribution >= 0.6 is 0 Å². The molecule has 8 heteroatoms. The number of pyridine rings is 2. The number of halogens is 1. The Bertz CT molecular complexity index is 1800. The Morgan fingerprint density at radius 3 is 2.66 bits per heavy atom. The standard InChI is InChI=1S/C30H25FN6O/c1-17(2)9-29(38)34-21-11-19(14-32-15-21)26-13-24-28(16-33-26)36-37-30(24)27-12-23-22(7-4-8-25(23)35-27)18-5-3-6-20(31)10-18/h3-8,10-17,35H,9H2,1-2H3,(H,34,38)(H,36,37). The van der Waals surface area contributed by atoms with Crippen LogP contribution in [0.2, 0.25) is 0 Å². The maximum Gasteiger partial charge on any atom is 0.224 e. The number of hydrogen-bond acceptors (Lipinski definition) is 4. The van der Waals surface area contributed by atoms with Gasteiger partial charge in [0.2, 0.25) is 5.91 Å². The van der Waals surface area contributed by atoms with Gasteiger partial charge in [-0.1, -0.05) is 38.1 Å². The van der Waals surface area contributed by atoms with E-state index in [1.54, 1.807) is 24.7 Å². The number of amides is 1. The van der Waals surface area contributed by atoms with E-state index in [9.17, 15) is 9.18 Å². The van der Waals surface area contributed by atoms with Crippen LogP contribution < -0.4 is 5.32 Å². The zero-order chi connectivity index (χ0) is 26.2. The summed E-state index contributed by atoms with van der Waals surface area (Å²) in [4.78, 5) is 24.6. The summed E-state index contributed by atoms with van der Waals surface area (Å²) in [6.07, 6.45) is 5.54. The van der Waals surface area contributed by atoms with E-state index >= 15 is 0 Å². The molecule has 7 nitrogen and oxygen atoms in total. The van der Waals surface area contributed by atoms with Gasteiger partial charge in [0, 0.05) is 34.5 Å². The topological polar surface area (TPSA) is 99.4 Å². The van der Waals surface area contributed by atoms with Gasteiger partial charge in [-0.05, 0) is 53.4 Å². The molecule has 0 saturated carbocycles. The molecule has 38 heavy (non-hydrogen) atoms. The summed E-state index contributed by atoms with van der Waals surface area (Å²) in [5.41, 5.74) is 7.18. The fraction of sp³-hybridized carbons (Fsp3) is 0.133. The van der Waals surface area contributed by atoms with Crippen LogP contribution in [0, 0.1) is 11.7 Å². The third-order valence-corrected chi connectivity index (χ3v) is 6.41. The molecule has 0 aliphatic heterocycles. The third kappa shape index (κ3) is 4.52. The highest BCUT2D eigenvalue weighted by Crippen LogP contribution is 2.35. The maximum absolute atomic E-state index is 13.9. The second kappa shape index (κ2) is 9.55. The molecule has 6 rings (SSSR count). The summed E-state index contributed by atoms with van der Waals surface area (Å²) < 4.78 is 13.9. The Morgan fingerprint density at radius 1 is 0.947 bits per heavy atom. The molecule has 188 valence electrons. The van der Waals surface area contributed by atoms with Crippen molar-refractivity contribution in [1.29, 1.82) is 0 Å². The van der Waals surface area contributed by atoms with Gasteiger partial charge < -0.3 is 10.3 Å². The van der Waals surface area contributed by atoms with Gasteiger partial charge in [-0.2, -0.15) is 5.10 Å². The lowest BCUT2D eigenvalue weighted by Gasteiger charge is -2.08. The average molecular weight is 505 g/mol.